The molecule has 0 aliphatic rings. The number of aromatic nitrogens is 2. The van der Waals surface area contributed by atoms with Crippen molar-refractivity contribution >= 4 is 5.91 Å². The molecular formula is C11H20N4O. The van der Waals surface area contributed by atoms with E-state index in [0.29, 0.717) is 25.4 Å². The Morgan fingerprint density at radius 2 is 2.38 bits per heavy atom. The number of rotatable bonds is 7. The number of carbonyl (C=O) groups excluding carboxylic acids is 1. The number of H-pyrrole nitrogens is 1. The van der Waals surface area contributed by atoms with Crippen LogP contribution in [-0.4, -0.2) is 29.0 Å². The summed E-state index contributed by atoms with van der Waals surface area (Å²) in [4.78, 5) is 18.4. The maximum absolute atomic E-state index is 11.3. The van der Waals surface area contributed by atoms with Gasteiger partial charge in [0.1, 0.15) is 5.82 Å². The molecule has 0 unspecified atom stereocenters. The van der Waals surface area contributed by atoms with Crippen molar-refractivity contribution in [1.29, 1.82) is 0 Å². The van der Waals surface area contributed by atoms with Crippen LogP contribution in [0.25, 0.3) is 0 Å². The molecule has 0 atom stereocenters. The molecule has 0 saturated carbocycles. The fraction of sp³-hybridized carbons (Fsp3) is 0.636. The number of aromatic amines is 1. The predicted octanol–water partition coefficient (Wildman–Crippen LogP) is 0.662. The molecule has 0 saturated heterocycles. The van der Waals surface area contributed by atoms with E-state index in [0.717, 1.165) is 12.4 Å². The molecule has 3 N–H and O–H groups in total. The first-order chi connectivity index (χ1) is 7.68. The SMILES string of the molecule is CC(C)CNC(=O)CCNCc1ncc[nH]1. The Labute approximate surface area is 96.0 Å². The highest BCUT2D eigenvalue weighted by atomic mass is 16.1. The highest BCUT2D eigenvalue weighted by molar-refractivity contribution is 5.76. The first-order valence-electron chi connectivity index (χ1n) is 5.64. The van der Waals surface area contributed by atoms with E-state index in [1.165, 1.54) is 0 Å². The van der Waals surface area contributed by atoms with E-state index in [-0.39, 0.29) is 5.91 Å². The number of carbonyl (C=O) groups is 1. The number of nitrogens with one attached hydrogen (secondary N) is 3. The molecule has 0 spiro atoms. The number of amides is 1. The van der Waals surface area contributed by atoms with Gasteiger partial charge in [0, 0.05) is 31.9 Å². The molecular weight excluding hydrogens is 204 g/mol. The van der Waals surface area contributed by atoms with Gasteiger partial charge in [0.25, 0.3) is 0 Å². The van der Waals surface area contributed by atoms with E-state index in [4.69, 9.17) is 0 Å². The van der Waals surface area contributed by atoms with E-state index in [9.17, 15) is 4.79 Å². The van der Waals surface area contributed by atoms with Gasteiger partial charge in [-0.15, -0.1) is 0 Å². The van der Waals surface area contributed by atoms with Gasteiger partial charge in [-0.25, -0.2) is 4.98 Å². The smallest absolute Gasteiger partial charge is 0.221 e. The Morgan fingerprint density at radius 3 is 3.00 bits per heavy atom. The lowest BCUT2D eigenvalue weighted by Crippen LogP contribution is -2.30. The molecule has 0 aliphatic carbocycles. The second-order valence-electron chi connectivity index (χ2n) is 4.16. The minimum absolute atomic E-state index is 0.0978. The fourth-order valence-corrected chi connectivity index (χ4v) is 1.21. The second kappa shape index (κ2) is 7.00. The van der Waals surface area contributed by atoms with Crippen LogP contribution >= 0.6 is 0 Å². The molecule has 1 heterocycles. The first kappa shape index (κ1) is 12.7. The lowest BCUT2D eigenvalue weighted by Gasteiger charge is -2.07. The first-order valence-corrected chi connectivity index (χ1v) is 5.64. The third kappa shape index (κ3) is 5.50. The molecule has 90 valence electrons. The van der Waals surface area contributed by atoms with Crippen LogP contribution in [0.15, 0.2) is 12.4 Å². The van der Waals surface area contributed by atoms with Gasteiger partial charge in [-0.2, -0.15) is 0 Å². The maximum atomic E-state index is 11.3. The Kier molecular flexibility index (Phi) is 5.56. The molecule has 1 aromatic rings. The average molecular weight is 224 g/mol. The van der Waals surface area contributed by atoms with Gasteiger partial charge in [-0.1, -0.05) is 13.8 Å². The van der Waals surface area contributed by atoms with Crippen molar-refractivity contribution in [3.05, 3.63) is 18.2 Å². The van der Waals surface area contributed by atoms with Crippen LogP contribution in [0.3, 0.4) is 0 Å². The van der Waals surface area contributed by atoms with Gasteiger partial charge >= 0.3 is 0 Å². The molecule has 1 amide bonds. The molecule has 5 heteroatoms. The second-order valence-corrected chi connectivity index (χ2v) is 4.16. The van der Waals surface area contributed by atoms with Crippen LogP contribution in [0.4, 0.5) is 0 Å². The third-order valence-corrected chi connectivity index (χ3v) is 2.08. The molecule has 0 radical (unpaired) electrons. The number of hydrogen-bond acceptors (Lipinski definition) is 3. The normalized spacial score (nSPS) is 10.7. The summed E-state index contributed by atoms with van der Waals surface area (Å²) in [6.07, 6.45) is 4.01. The molecule has 1 rings (SSSR count). The molecule has 0 fully saturated rings. The summed E-state index contributed by atoms with van der Waals surface area (Å²) in [6.45, 7) is 6.25. The van der Waals surface area contributed by atoms with E-state index in [2.05, 4.69) is 34.4 Å². The van der Waals surface area contributed by atoms with Crippen LogP contribution in [-0.2, 0) is 11.3 Å². The molecule has 1 aromatic heterocycles. The minimum Gasteiger partial charge on any atom is -0.356 e. The average Bonchev–Trinajstić information content (AvgIpc) is 2.74. The van der Waals surface area contributed by atoms with Crippen molar-refractivity contribution in [2.45, 2.75) is 26.8 Å². The largest absolute Gasteiger partial charge is 0.356 e. The van der Waals surface area contributed by atoms with Crippen molar-refractivity contribution in [2.75, 3.05) is 13.1 Å². The maximum Gasteiger partial charge on any atom is 0.221 e. The molecule has 0 bridgehead atoms. The Morgan fingerprint density at radius 1 is 1.56 bits per heavy atom. The Balaban J connectivity index is 2.00. The van der Waals surface area contributed by atoms with Crippen LogP contribution < -0.4 is 10.6 Å². The number of imidazole rings is 1. The molecule has 16 heavy (non-hydrogen) atoms. The van der Waals surface area contributed by atoms with Crippen LogP contribution in [0.5, 0.6) is 0 Å². The topological polar surface area (TPSA) is 69.8 Å². The van der Waals surface area contributed by atoms with Crippen LogP contribution in [0.2, 0.25) is 0 Å². The summed E-state index contributed by atoms with van der Waals surface area (Å²) < 4.78 is 0. The molecule has 5 nitrogen and oxygen atoms in total. The minimum atomic E-state index is 0.0978. The number of nitrogens with zero attached hydrogens (tertiary/aromatic N) is 1. The van der Waals surface area contributed by atoms with Gasteiger partial charge in [0.05, 0.1) is 6.54 Å². The third-order valence-electron chi connectivity index (χ3n) is 2.08. The van der Waals surface area contributed by atoms with Crippen LogP contribution in [0.1, 0.15) is 26.1 Å². The summed E-state index contributed by atoms with van der Waals surface area (Å²) >= 11 is 0. The summed E-state index contributed by atoms with van der Waals surface area (Å²) in [7, 11) is 0. The number of hydrogen-bond donors (Lipinski definition) is 3. The van der Waals surface area contributed by atoms with Gasteiger partial charge in [0.15, 0.2) is 0 Å². The van der Waals surface area contributed by atoms with Gasteiger partial charge in [-0.05, 0) is 5.92 Å². The highest BCUT2D eigenvalue weighted by Gasteiger charge is 2.01. The van der Waals surface area contributed by atoms with Gasteiger partial charge < -0.3 is 15.6 Å². The lowest BCUT2D eigenvalue weighted by atomic mass is 10.2. The highest BCUT2D eigenvalue weighted by Crippen LogP contribution is 1.89. The zero-order valence-corrected chi connectivity index (χ0v) is 9.92. The van der Waals surface area contributed by atoms with Crippen molar-refractivity contribution in [3.63, 3.8) is 0 Å². The van der Waals surface area contributed by atoms with E-state index >= 15 is 0 Å². The van der Waals surface area contributed by atoms with E-state index in [1.807, 2.05) is 0 Å². The van der Waals surface area contributed by atoms with E-state index < -0.39 is 0 Å². The quantitative estimate of drug-likeness (QED) is 0.596. The molecule has 0 aromatic carbocycles. The van der Waals surface area contributed by atoms with Crippen LogP contribution in [0, 0.1) is 5.92 Å². The summed E-state index contributed by atoms with van der Waals surface area (Å²) in [5.41, 5.74) is 0. The van der Waals surface area contributed by atoms with Crippen molar-refractivity contribution in [3.8, 4) is 0 Å². The van der Waals surface area contributed by atoms with Gasteiger partial charge in [-0.3, -0.25) is 4.79 Å². The standard InChI is InChI=1S/C11H20N4O/c1-9(2)7-15-11(16)3-4-12-8-10-13-5-6-14-10/h5-6,9,12H,3-4,7-8H2,1-2H3,(H,13,14)(H,15,16). The molecule has 0 aliphatic heterocycles. The lowest BCUT2D eigenvalue weighted by molar-refractivity contribution is -0.121. The fourth-order valence-electron chi connectivity index (χ4n) is 1.21. The predicted molar refractivity (Wildman–Crippen MR) is 62.8 cm³/mol. The monoisotopic (exact) mass is 224 g/mol. The summed E-state index contributed by atoms with van der Waals surface area (Å²) in [5.74, 6) is 1.49. The Bertz CT molecular complexity index is 295. The van der Waals surface area contributed by atoms with Crippen molar-refractivity contribution in [2.24, 2.45) is 5.92 Å². The zero-order valence-electron chi connectivity index (χ0n) is 9.92. The summed E-state index contributed by atoms with van der Waals surface area (Å²) in [6, 6.07) is 0. The summed E-state index contributed by atoms with van der Waals surface area (Å²) in [5, 5.41) is 6.03. The van der Waals surface area contributed by atoms with Crippen molar-refractivity contribution in [1.82, 2.24) is 20.6 Å². The Hall–Kier alpha value is -1.36. The van der Waals surface area contributed by atoms with E-state index in [1.54, 1.807) is 12.4 Å². The van der Waals surface area contributed by atoms with Crippen molar-refractivity contribution < 1.29 is 4.79 Å². The van der Waals surface area contributed by atoms with Gasteiger partial charge in [0.2, 0.25) is 5.91 Å². The zero-order chi connectivity index (χ0) is 11.8.